The first-order valence-corrected chi connectivity index (χ1v) is 9.49. The number of furan rings is 1. The lowest BCUT2D eigenvalue weighted by Gasteiger charge is -2.25. The first-order chi connectivity index (χ1) is 12.6. The Morgan fingerprint density at radius 2 is 2.27 bits per heavy atom. The highest BCUT2D eigenvalue weighted by molar-refractivity contribution is 7.20. The van der Waals surface area contributed by atoms with Crippen molar-refractivity contribution in [2.75, 3.05) is 19.6 Å². The Morgan fingerprint density at radius 3 is 2.96 bits per heavy atom. The second-order valence-electron chi connectivity index (χ2n) is 6.45. The molecule has 8 heteroatoms. The summed E-state index contributed by atoms with van der Waals surface area (Å²) in [5, 5.41) is 3.51. The van der Waals surface area contributed by atoms with Crippen molar-refractivity contribution in [1.82, 2.24) is 20.2 Å². The highest BCUT2D eigenvalue weighted by atomic mass is 32.1. The number of likely N-dealkylation sites (tertiary alicyclic amines) is 1. The van der Waals surface area contributed by atoms with Gasteiger partial charge in [0.05, 0.1) is 28.9 Å². The third kappa shape index (κ3) is 3.06. The number of aryl methyl sites for hydroxylation is 1. The van der Waals surface area contributed by atoms with Crippen molar-refractivity contribution in [2.24, 2.45) is 0 Å². The molecule has 3 aromatic heterocycles. The third-order valence-corrected chi connectivity index (χ3v) is 6.05. The number of nitrogens with zero attached hydrogens (tertiary/aromatic N) is 2. The molecule has 1 aliphatic rings. The Kier molecular flexibility index (Phi) is 4.60. The first-order valence-electron chi connectivity index (χ1n) is 8.67. The van der Waals surface area contributed by atoms with E-state index in [0.29, 0.717) is 27.2 Å². The van der Waals surface area contributed by atoms with Crippen molar-refractivity contribution in [3.8, 4) is 0 Å². The second kappa shape index (κ2) is 7.05. The van der Waals surface area contributed by atoms with Gasteiger partial charge in [-0.15, -0.1) is 11.3 Å². The van der Waals surface area contributed by atoms with Crippen LogP contribution in [0, 0.1) is 6.92 Å². The molecule has 4 heterocycles. The fourth-order valence-electron chi connectivity index (χ4n) is 3.51. The summed E-state index contributed by atoms with van der Waals surface area (Å²) in [7, 11) is 0. The van der Waals surface area contributed by atoms with Gasteiger partial charge in [0.1, 0.15) is 10.6 Å². The number of nitrogens with one attached hydrogen (secondary N) is 2. The summed E-state index contributed by atoms with van der Waals surface area (Å²) in [5.74, 6) is 0.680. The van der Waals surface area contributed by atoms with Gasteiger partial charge in [-0.25, -0.2) is 4.98 Å². The zero-order valence-corrected chi connectivity index (χ0v) is 15.3. The highest BCUT2D eigenvalue weighted by Gasteiger charge is 2.27. The molecule has 0 spiro atoms. The maximum absolute atomic E-state index is 12.7. The maximum Gasteiger partial charge on any atom is 0.261 e. The smallest absolute Gasteiger partial charge is 0.261 e. The van der Waals surface area contributed by atoms with Crippen LogP contribution in [0.5, 0.6) is 0 Å². The molecule has 0 unspecified atom stereocenters. The molecule has 3 aromatic rings. The lowest BCUT2D eigenvalue weighted by Crippen LogP contribution is -2.36. The molecule has 1 amide bonds. The van der Waals surface area contributed by atoms with Crippen LogP contribution in [0.1, 0.15) is 39.9 Å². The summed E-state index contributed by atoms with van der Waals surface area (Å²) < 4.78 is 5.59. The molecule has 7 nitrogen and oxygen atoms in total. The Balaban J connectivity index is 1.55. The van der Waals surface area contributed by atoms with Crippen LogP contribution in [0.15, 0.2) is 33.9 Å². The maximum atomic E-state index is 12.7. The van der Waals surface area contributed by atoms with Gasteiger partial charge >= 0.3 is 0 Å². The van der Waals surface area contributed by atoms with Crippen LogP contribution in [0.4, 0.5) is 0 Å². The molecular weight excluding hydrogens is 352 g/mol. The fourth-order valence-corrected chi connectivity index (χ4v) is 4.57. The van der Waals surface area contributed by atoms with E-state index in [0.717, 1.165) is 31.7 Å². The summed E-state index contributed by atoms with van der Waals surface area (Å²) in [5.41, 5.74) is 0.459. The van der Waals surface area contributed by atoms with Crippen LogP contribution in [0.2, 0.25) is 0 Å². The van der Waals surface area contributed by atoms with Gasteiger partial charge < -0.3 is 14.7 Å². The quantitative estimate of drug-likeness (QED) is 0.718. The number of thiophene rings is 1. The topological polar surface area (TPSA) is 91.2 Å². The Morgan fingerprint density at radius 1 is 1.46 bits per heavy atom. The van der Waals surface area contributed by atoms with Gasteiger partial charge in [-0.2, -0.15) is 0 Å². The second-order valence-corrected chi connectivity index (χ2v) is 7.45. The Labute approximate surface area is 154 Å². The molecule has 26 heavy (non-hydrogen) atoms. The predicted molar refractivity (Wildman–Crippen MR) is 99.6 cm³/mol. The third-order valence-electron chi connectivity index (χ3n) is 4.85. The largest absolute Gasteiger partial charge is 0.468 e. The minimum absolute atomic E-state index is 0.0210. The number of aromatic amines is 1. The van der Waals surface area contributed by atoms with Crippen molar-refractivity contribution >= 4 is 27.5 Å². The zero-order valence-electron chi connectivity index (χ0n) is 14.4. The standard InChI is InChI=1S/C18H20N4O3S/c1-11-14-16(23)20-10-21-18(14)26-15(11)17(24)19-9-12(13-5-4-8-25-13)22-6-2-3-7-22/h4-5,8,10,12H,2-3,6-7,9H2,1H3,(H,19,24)(H,20,21,23)/t12-/m0/s1. The van der Waals surface area contributed by atoms with Crippen LogP contribution < -0.4 is 10.9 Å². The number of fused-ring (bicyclic) bond motifs is 1. The van der Waals surface area contributed by atoms with Crippen molar-refractivity contribution in [1.29, 1.82) is 0 Å². The average molecular weight is 372 g/mol. The Bertz CT molecular complexity index is 970. The minimum atomic E-state index is -0.215. The van der Waals surface area contributed by atoms with E-state index in [-0.39, 0.29) is 17.5 Å². The summed E-state index contributed by atoms with van der Waals surface area (Å²) in [6.45, 7) is 4.25. The molecule has 0 aliphatic carbocycles. The SMILES string of the molecule is Cc1c(C(=O)NC[C@@H](c2ccco2)N2CCCC2)sc2nc[nH]c(=O)c12. The zero-order chi connectivity index (χ0) is 18.1. The molecule has 1 atom stereocenters. The number of carbonyl (C=O) groups is 1. The fraction of sp³-hybridized carbons (Fsp3) is 0.389. The Hall–Kier alpha value is -2.45. The predicted octanol–water partition coefficient (Wildman–Crippen LogP) is 2.45. The van der Waals surface area contributed by atoms with Gasteiger partial charge in [-0.05, 0) is 50.6 Å². The molecular formula is C18H20N4O3S. The molecule has 1 saturated heterocycles. The van der Waals surface area contributed by atoms with Gasteiger partial charge in [0.25, 0.3) is 11.5 Å². The van der Waals surface area contributed by atoms with Gasteiger partial charge in [-0.1, -0.05) is 0 Å². The first kappa shape index (κ1) is 17.0. The molecule has 0 aromatic carbocycles. The summed E-state index contributed by atoms with van der Waals surface area (Å²) >= 11 is 1.25. The number of H-pyrrole nitrogens is 1. The molecule has 136 valence electrons. The molecule has 2 N–H and O–H groups in total. The van der Waals surface area contributed by atoms with E-state index < -0.39 is 0 Å². The van der Waals surface area contributed by atoms with E-state index in [1.807, 2.05) is 12.1 Å². The monoisotopic (exact) mass is 372 g/mol. The molecule has 1 fully saturated rings. The number of amides is 1. The van der Waals surface area contributed by atoms with Crippen molar-refractivity contribution in [2.45, 2.75) is 25.8 Å². The summed E-state index contributed by atoms with van der Waals surface area (Å²) in [4.78, 5) is 34.9. The lowest BCUT2D eigenvalue weighted by molar-refractivity contribution is 0.0937. The number of rotatable bonds is 5. The number of carbonyl (C=O) groups excluding carboxylic acids is 1. The minimum Gasteiger partial charge on any atom is -0.468 e. The van der Waals surface area contributed by atoms with E-state index >= 15 is 0 Å². The summed E-state index contributed by atoms with van der Waals surface area (Å²) in [6, 6.07) is 3.84. The van der Waals surface area contributed by atoms with Crippen LogP contribution in [-0.2, 0) is 0 Å². The van der Waals surface area contributed by atoms with Crippen molar-refractivity contribution in [3.63, 3.8) is 0 Å². The molecule has 1 aliphatic heterocycles. The van der Waals surface area contributed by atoms with Gasteiger partial charge in [-0.3, -0.25) is 14.5 Å². The number of hydrogen-bond donors (Lipinski definition) is 2. The van der Waals surface area contributed by atoms with E-state index in [1.54, 1.807) is 13.2 Å². The van der Waals surface area contributed by atoms with Gasteiger partial charge in [0.15, 0.2) is 0 Å². The van der Waals surface area contributed by atoms with Crippen LogP contribution in [0.3, 0.4) is 0 Å². The highest BCUT2D eigenvalue weighted by Crippen LogP contribution is 2.28. The van der Waals surface area contributed by atoms with Crippen molar-refractivity contribution < 1.29 is 9.21 Å². The van der Waals surface area contributed by atoms with E-state index in [1.165, 1.54) is 17.7 Å². The van der Waals surface area contributed by atoms with Gasteiger partial charge in [0.2, 0.25) is 0 Å². The average Bonchev–Trinajstić information content (AvgIpc) is 3.37. The number of hydrogen-bond acceptors (Lipinski definition) is 6. The van der Waals surface area contributed by atoms with Crippen LogP contribution in [-0.4, -0.2) is 40.4 Å². The molecule has 0 radical (unpaired) electrons. The van der Waals surface area contributed by atoms with Gasteiger partial charge in [0, 0.05) is 6.54 Å². The van der Waals surface area contributed by atoms with E-state index in [9.17, 15) is 9.59 Å². The summed E-state index contributed by atoms with van der Waals surface area (Å²) in [6.07, 6.45) is 5.35. The molecule has 0 saturated carbocycles. The number of aromatic nitrogens is 2. The lowest BCUT2D eigenvalue weighted by atomic mass is 10.1. The normalized spacial score (nSPS) is 16.2. The van der Waals surface area contributed by atoms with Crippen molar-refractivity contribution in [3.05, 3.63) is 51.3 Å². The van der Waals surface area contributed by atoms with Crippen LogP contribution >= 0.6 is 11.3 Å². The van der Waals surface area contributed by atoms with E-state index in [4.69, 9.17) is 4.42 Å². The van der Waals surface area contributed by atoms with Crippen LogP contribution in [0.25, 0.3) is 10.2 Å². The molecule has 4 rings (SSSR count). The van der Waals surface area contributed by atoms with E-state index in [2.05, 4.69) is 20.2 Å². The molecule has 0 bridgehead atoms.